The number of rotatable bonds is 4. The second-order valence-corrected chi connectivity index (χ2v) is 5.79. The predicted octanol–water partition coefficient (Wildman–Crippen LogP) is 3.30. The lowest BCUT2D eigenvalue weighted by Gasteiger charge is -2.20. The van der Waals surface area contributed by atoms with Gasteiger partial charge in [-0.3, -0.25) is 4.79 Å². The van der Waals surface area contributed by atoms with Gasteiger partial charge in [-0.1, -0.05) is 29.8 Å². The highest BCUT2D eigenvalue weighted by atomic mass is 35.5. The second kappa shape index (κ2) is 7.44. The third-order valence-electron chi connectivity index (χ3n) is 3.53. The first kappa shape index (κ1) is 17.1. The summed E-state index contributed by atoms with van der Waals surface area (Å²) in [7, 11) is 0. The van der Waals surface area contributed by atoms with Crippen molar-refractivity contribution in [3.63, 3.8) is 0 Å². The van der Waals surface area contributed by atoms with E-state index in [-0.39, 0.29) is 10.6 Å². The van der Waals surface area contributed by atoms with Crippen LogP contribution in [0.5, 0.6) is 11.5 Å². The van der Waals surface area contributed by atoms with Crippen molar-refractivity contribution in [2.24, 2.45) is 0 Å². The third kappa shape index (κ3) is 4.03. The summed E-state index contributed by atoms with van der Waals surface area (Å²) in [4.78, 5) is 24.4. The summed E-state index contributed by atoms with van der Waals surface area (Å²) in [6.07, 6.45) is -0.973. The maximum atomic E-state index is 12.3. The Morgan fingerprint density at radius 3 is 2.64 bits per heavy atom. The number of carbonyl (C=O) groups is 2. The number of carbonyl (C=O) groups excluding carboxylic acids is 2. The molecule has 2 aromatic rings. The molecule has 1 aliphatic rings. The largest absolute Gasteiger partial charge is 0.486 e. The number of fused-ring (bicyclic) bond motifs is 1. The van der Waals surface area contributed by atoms with Crippen LogP contribution in [-0.2, 0) is 9.53 Å². The maximum Gasteiger partial charge on any atom is 0.339 e. The summed E-state index contributed by atoms with van der Waals surface area (Å²) in [5.74, 6) is -0.316. The van der Waals surface area contributed by atoms with Gasteiger partial charge in [-0.15, -0.1) is 0 Å². The van der Waals surface area contributed by atoms with Crippen molar-refractivity contribution in [2.75, 3.05) is 18.5 Å². The molecule has 0 spiro atoms. The van der Waals surface area contributed by atoms with E-state index in [1.165, 1.54) is 19.1 Å². The van der Waals surface area contributed by atoms with Crippen LogP contribution in [0.25, 0.3) is 0 Å². The van der Waals surface area contributed by atoms with Gasteiger partial charge in [0.25, 0.3) is 5.91 Å². The molecule has 0 radical (unpaired) electrons. The van der Waals surface area contributed by atoms with Gasteiger partial charge >= 0.3 is 5.97 Å². The summed E-state index contributed by atoms with van der Waals surface area (Å²) in [5, 5.41) is 2.93. The van der Waals surface area contributed by atoms with Crippen LogP contribution in [-0.4, -0.2) is 31.2 Å². The minimum Gasteiger partial charge on any atom is -0.486 e. The van der Waals surface area contributed by atoms with Crippen LogP contribution in [0.1, 0.15) is 17.3 Å². The van der Waals surface area contributed by atoms with Gasteiger partial charge < -0.3 is 19.5 Å². The molecule has 1 aliphatic heterocycles. The quantitative estimate of drug-likeness (QED) is 0.846. The first-order valence-corrected chi connectivity index (χ1v) is 8.08. The smallest absolute Gasteiger partial charge is 0.339 e. The van der Waals surface area contributed by atoms with Gasteiger partial charge in [0, 0.05) is 5.69 Å². The fourth-order valence-electron chi connectivity index (χ4n) is 2.28. The number of hydrogen-bond donors (Lipinski definition) is 1. The molecule has 1 atom stereocenters. The Balaban J connectivity index is 1.67. The van der Waals surface area contributed by atoms with E-state index in [0.29, 0.717) is 30.4 Å². The average molecular weight is 362 g/mol. The normalized spacial score (nSPS) is 13.7. The highest BCUT2D eigenvalue weighted by Crippen LogP contribution is 2.38. The van der Waals surface area contributed by atoms with Gasteiger partial charge in [0.2, 0.25) is 0 Å². The lowest BCUT2D eigenvalue weighted by molar-refractivity contribution is -0.123. The van der Waals surface area contributed by atoms with Crippen LogP contribution >= 0.6 is 11.6 Å². The first-order valence-electron chi connectivity index (χ1n) is 7.70. The lowest BCUT2D eigenvalue weighted by atomic mass is 10.2. The molecule has 7 heteroatoms. The Labute approximate surface area is 149 Å². The molecule has 0 bridgehead atoms. The molecule has 2 aromatic carbocycles. The highest BCUT2D eigenvalue weighted by Gasteiger charge is 2.23. The van der Waals surface area contributed by atoms with Gasteiger partial charge in [-0.2, -0.15) is 0 Å². The monoisotopic (exact) mass is 361 g/mol. The van der Waals surface area contributed by atoms with Crippen molar-refractivity contribution >= 4 is 29.2 Å². The molecule has 130 valence electrons. The number of anilines is 1. The molecule has 1 heterocycles. The van der Waals surface area contributed by atoms with E-state index in [2.05, 4.69) is 5.32 Å². The molecule has 0 saturated carbocycles. The summed E-state index contributed by atoms with van der Waals surface area (Å²) in [6.45, 7) is 2.26. The summed E-state index contributed by atoms with van der Waals surface area (Å²) >= 11 is 6.11. The first-order chi connectivity index (χ1) is 12.0. The summed E-state index contributed by atoms with van der Waals surface area (Å²) in [5.41, 5.74) is 0.811. The Kier molecular flexibility index (Phi) is 5.09. The minimum absolute atomic E-state index is 0.189. The van der Waals surface area contributed by atoms with Crippen LogP contribution in [0, 0.1) is 0 Å². The molecular weight excluding hydrogens is 346 g/mol. The molecule has 0 fully saturated rings. The van der Waals surface area contributed by atoms with Gasteiger partial charge in [0.1, 0.15) is 13.2 Å². The molecular formula is C18H16ClNO5. The van der Waals surface area contributed by atoms with Gasteiger partial charge in [0.15, 0.2) is 17.6 Å². The summed E-state index contributed by atoms with van der Waals surface area (Å²) < 4.78 is 16.0. The standard InChI is InChI=1S/C18H16ClNO5/c1-11(17(21)20-13-5-3-2-4-6-13)25-18(22)12-9-14(19)16-15(10-12)23-7-8-24-16/h2-6,9-11H,7-8H2,1H3,(H,20,21)/t11-/m1/s1. The number of hydrogen-bond acceptors (Lipinski definition) is 5. The van der Waals surface area contributed by atoms with Crippen LogP contribution in [0.4, 0.5) is 5.69 Å². The third-order valence-corrected chi connectivity index (χ3v) is 3.81. The fourth-order valence-corrected chi connectivity index (χ4v) is 2.54. The van der Waals surface area contributed by atoms with Gasteiger partial charge in [0.05, 0.1) is 10.6 Å². The van der Waals surface area contributed by atoms with Gasteiger partial charge in [-0.25, -0.2) is 4.79 Å². The van der Waals surface area contributed by atoms with E-state index >= 15 is 0 Å². The van der Waals surface area contributed by atoms with Crippen molar-refractivity contribution in [1.82, 2.24) is 0 Å². The van der Waals surface area contributed by atoms with Crippen molar-refractivity contribution in [1.29, 1.82) is 0 Å². The summed E-state index contributed by atoms with van der Waals surface area (Å²) in [6, 6.07) is 11.8. The van der Waals surface area contributed by atoms with E-state index in [1.807, 2.05) is 6.07 Å². The zero-order valence-electron chi connectivity index (χ0n) is 13.5. The number of nitrogens with one attached hydrogen (secondary N) is 1. The molecule has 1 N–H and O–H groups in total. The van der Waals surface area contributed by atoms with Crippen LogP contribution in [0.2, 0.25) is 5.02 Å². The molecule has 25 heavy (non-hydrogen) atoms. The second-order valence-electron chi connectivity index (χ2n) is 5.39. The SMILES string of the molecule is C[C@@H](OC(=O)c1cc(Cl)c2c(c1)OCCO2)C(=O)Nc1ccccc1. The molecule has 0 aliphatic carbocycles. The molecule has 0 saturated heterocycles. The van der Waals surface area contributed by atoms with E-state index in [1.54, 1.807) is 24.3 Å². The molecule has 1 amide bonds. The number of halogens is 1. The lowest BCUT2D eigenvalue weighted by Crippen LogP contribution is -2.30. The van der Waals surface area contributed by atoms with Crippen LogP contribution < -0.4 is 14.8 Å². The van der Waals surface area contributed by atoms with E-state index in [0.717, 1.165) is 0 Å². The maximum absolute atomic E-state index is 12.3. The van der Waals surface area contributed by atoms with E-state index in [9.17, 15) is 9.59 Å². The van der Waals surface area contributed by atoms with Gasteiger partial charge in [-0.05, 0) is 31.2 Å². The Bertz CT molecular complexity index is 794. The van der Waals surface area contributed by atoms with E-state index in [4.69, 9.17) is 25.8 Å². The van der Waals surface area contributed by atoms with Crippen molar-refractivity contribution in [3.05, 3.63) is 53.1 Å². The Hall–Kier alpha value is -2.73. The van der Waals surface area contributed by atoms with Crippen molar-refractivity contribution in [2.45, 2.75) is 13.0 Å². The zero-order chi connectivity index (χ0) is 17.8. The Morgan fingerprint density at radius 2 is 1.88 bits per heavy atom. The topological polar surface area (TPSA) is 73.9 Å². The van der Waals surface area contributed by atoms with Crippen LogP contribution in [0.15, 0.2) is 42.5 Å². The van der Waals surface area contributed by atoms with E-state index < -0.39 is 18.0 Å². The van der Waals surface area contributed by atoms with Crippen molar-refractivity contribution < 1.29 is 23.8 Å². The molecule has 0 unspecified atom stereocenters. The van der Waals surface area contributed by atoms with Crippen LogP contribution in [0.3, 0.4) is 0 Å². The predicted molar refractivity (Wildman–Crippen MR) is 92.4 cm³/mol. The molecule has 3 rings (SSSR count). The zero-order valence-corrected chi connectivity index (χ0v) is 14.2. The minimum atomic E-state index is -0.973. The molecule has 0 aromatic heterocycles. The number of para-hydroxylation sites is 1. The number of ether oxygens (including phenoxy) is 3. The average Bonchev–Trinajstić information content (AvgIpc) is 2.62. The molecule has 6 nitrogen and oxygen atoms in total. The Morgan fingerprint density at radius 1 is 1.16 bits per heavy atom. The number of benzene rings is 2. The number of esters is 1. The highest BCUT2D eigenvalue weighted by molar-refractivity contribution is 6.32. The fraction of sp³-hybridized carbons (Fsp3) is 0.222. The number of amides is 1. The van der Waals surface area contributed by atoms with Crippen molar-refractivity contribution in [3.8, 4) is 11.5 Å².